The van der Waals surface area contributed by atoms with E-state index in [4.69, 9.17) is 0 Å². The lowest BCUT2D eigenvalue weighted by molar-refractivity contribution is -0.131. The van der Waals surface area contributed by atoms with Gasteiger partial charge in [-0.25, -0.2) is 0 Å². The van der Waals surface area contributed by atoms with Gasteiger partial charge in [0.05, 0.1) is 12.7 Å². The molecule has 0 radical (unpaired) electrons. The smallest absolute Gasteiger partial charge is 0.241 e. The highest BCUT2D eigenvalue weighted by molar-refractivity contribution is 7.99. The number of carbonyl (C=O) groups is 1. The zero-order chi connectivity index (χ0) is 11.5. The monoisotopic (exact) mass is 242 g/mol. The van der Waals surface area contributed by atoms with E-state index in [2.05, 4.69) is 23.4 Å². The Hall–Kier alpha value is -0.220. The summed E-state index contributed by atoms with van der Waals surface area (Å²) < 4.78 is 0. The summed E-state index contributed by atoms with van der Waals surface area (Å²) in [5.41, 5.74) is 0. The quantitative estimate of drug-likeness (QED) is 0.819. The molecule has 3 atom stereocenters. The first-order chi connectivity index (χ1) is 7.77. The molecule has 1 N–H and O–H groups in total. The Bertz CT molecular complexity index is 259. The Balaban J connectivity index is 2.03. The van der Waals surface area contributed by atoms with Crippen LogP contribution in [-0.4, -0.2) is 41.1 Å². The Morgan fingerprint density at radius 2 is 2.19 bits per heavy atom. The van der Waals surface area contributed by atoms with Crippen LogP contribution in [0, 0.1) is 0 Å². The summed E-state index contributed by atoms with van der Waals surface area (Å²) in [5.74, 6) is 0.327. The highest BCUT2D eigenvalue weighted by atomic mass is 32.2. The average Bonchev–Trinajstić information content (AvgIpc) is 2.70. The number of nitrogens with zero attached hydrogens (tertiary/aromatic N) is 1. The van der Waals surface area contributed by atoms with Gasteiger partial charge in [0.25, 0.3) is 0 Å². The lowest BCUT2D eigenvalue weighted by Crippen LogP contribution is -2.46. The van der Waals surface area contributed by atoms with E-state index in [1.54, 1.807) is 0 Å². The van der Waals surface area contributed by atoms with E-state index in [0.717, 1.165) is 13.1 Å². The van der Waals surface area contributed by atoms with E-state index in [-0.39, 0.29) is 6.04 Å². The van der Waals surface area contributed by atoms with Crippen LogP contribution in [-0.2, 0) is 4.79 Å². The highest BCUT2D eigenvalue weighted by Crippen LogP contribution is 2.31. The van der Waals surface area contributed by atoms with Gasteiger partial charge in [-0.2, -0.15) is 11.8 Å². The van der Waals surface area contributed by atoms with Crippen LogP contribution in [0.2, 0.25) is 0 Å². The van der Waals surface area contributed by atoms with Crippen LogP contribution in [0.5, 0.6) is 0 Å². The Morgan fingerprint density at radius 3 is 2.81 bits per heavy atom. The van der Waals surface area contributed by atoms with E-state index >= 15 is 0 Å². The fraction of sp³-hybridized carbons (Fsp3) is 0.917. The van der Waals surface area contributed by atoms with Crippen molar-refractivity contribution in [2.24, 2.45) is 0 Å². The van der Waals surface area contributed by atoms with Crippen LogP contribution < -0.4 is 5.32 Å². The molecule has 0 aromatic carbocycles. The predicted octanol–water partition coefficient (Wildman–Crippen LogP) is 1.83. The van der Waals surface area contributed by atoms with Crippen molar-refractivity contribution in [3.8, 4) is 0 Å². The van der Waals surface area contributed by atoms with Crippen molar-refractivity contribution in [3.05, 3.63) is 0 Å². The van der Waals surface area contributed by atoms with Gasteiger partial charge in [0.1, 0.15) is 0 Å². The van der Waals surface area contributed by atoms with Gasteiger partial charge >= 0.3 is 0 Å². The maximum Gasteiger partial charge on any atom is 0.241 e. The molecule has 0 bridgehead atoms. The van der Waals surface area contributed by atoms with Crippen molar-refractivity contribution < 1.29 is 4.79 Å². The van der Waals surface area contributed by atoms with Crippen LogP contribution in [0.1, 0.15) is 39.0 Å². The van der Waals surface area contributed by atoms with Gasteiger partial charge in [0, 0.05) is 11.3 Å². The van der Waals surface area contributed by atoms with Gasteiger partial charge < -0.3 is 4.90 Å². The minimum Gasteiger partial charge on any atom is -0.324 e. The second-order valence-corrected chi connectivity index (χ2v) is 5.83. The molecule has 2 aliphatic rings. The lowest BCUT2D eigenvalue weighted by Gasteiger charge is -2.36. The molecule has 1 saturated heterocycles. The zero-order valence-corrected chi connectivity index (χ0v) is 11.1. The van der Waals surface area contributed by atoms with Crippen LogP contribution in [0.3, 0.4) is 0 Å². The molecule has 3 nitrogen and oxygen atoms in total. The van der Waals surface area contributed by atoms with Crippen molar-refractivity contribution in [3.63, 3.8) is 0 Å². The van der Waals surface area contributed by atoms with Crippen LogP contribution in [0.15, 0.2) is 0 Å². The highest BCUT2D eigenvalue weighted by Gasteiger charge is 2.38. The zero-order valence-electron chi connectivity index (χ0n) is 10.2. The van der Waals surface area contributed by atoms with Gasteiger partial charge in [0.15, 0.2) is 0 Å². The molecule has 1 aliphatic heterocycles. The average molecular weight is 242 g/mol. The third-order valence-corrected chi connectivity index (χ3v) is 5.02. The number of hydrogen-bond acceptors (Lipinski definition) is 3. The van der Waals surface area contributed by atoms with Crippen LogP contribution in [0.4, 0.5) is 0 Å². The Labute approximate surface area is 102 Å². The molecule has 0 aromatic rings. The summed E-state index contributed by atoms with van der Waals surface area (Å²) in [7, 11) is 0. The molecule has 16 heavy (non-hydrogen) atoms. The van der Waals surface area contributed by atoms with Crippen molar-refractivity contribution in [1.82, 2.24) is 10.2 Å². The van der Waals surface area contributed by atoms with Gasteiger partial charge in [0.2, 0.25) is 5.91 Å². The molecule has 0 spiro atoms. The maximum absolute atomic E-state index is 12.2. The molecule has 1 amide bonds. The molecule has 3 unspecified atom stereocenters. The van der Waals surface area contributed by atoms with Crippen molar-refractivity contribution in [1.29, 1.82) is 0 Å². The number of nitrogens with one attached hydrogen (secondary N) is 1. The normalized spacial score (nSPS) is 35.8. The fourth-order valence-corrected chi connectivity index (χ4v) is 3.88. The van der Waals surface area contributed by atoms with E-state index in [9.17, 15) is 4.79 Å². The largest absolute Gasteiger partial charge is 0.324 e. The summed E-state index contributed by atoms with van der Waals surface area (Å²) in [6.45, 7) is 2.84. The number of carbonyl (C=O) groups excluding carboxylic acids is 1. The predicted molar refractivity (Wildman–Crippen MR) is 68.5 cm³/mol. The topological polar surface area (TPSA) is 32.3 Å². The Kier molecular flexibility index (Phi) is 4.14. The van der Waals surface area contributed by atoms with Crippen molar-refractivity contribution in [2.75, 3.05) is 12.9 Å². The standard InChI is InChI=1S/C12H22N2OS/c1-3-9-12(15)14(8-13-9)10-6-4-5-7-11(10)16-2/h9-11,13H,3-8H2,1-2H3. The summed E-state index contributed by atoms with van der Waals surface area (Å²) in [5, 5.41) is 3.96. The molecule has 92 valence electrons. The maximum atomic E-state index is 12.2. The van der Waals surface area contributed by atoms with Crippen molar-refractivity contribution >= 4 is 17.7 Å². The number of rotatable bonds is 3. The van der Waals surface area contributed by atoms with E-state index in [0.29, 0.717) is 17.2 Å². The summed E-state index contributed by atoms with van der Waals surface area (Å²) in [4.78, 5) is 14.2. The molecular formula is C12H22N2OS. The van der Waals surface area contributed by atoms with Crippen LogP contribution in [0.25, 0.3) is 0 Å². The number of amides is 1. The van der Waals surface area contributed by atoms with E-state index in [1.165, 1.54) is 25.7 Å². The Morgan fingerprint density at radius 1 is 1.44 bits per heavy atom. The SMILES string of the molecule is CCC1NCN(C2CCCCC2SC)C1=O. The third kappa shape index (κ3) is 2.23. The van der Waals surface area contributed by atoms with E-state index in [1.807, 2.05) is 11.8 Å². The molecule has 2 rings (SSSR count). The van der Waals surface area contributed by atoms with Gasteiger partial charge in [-0.3, -0.25) is 10.1 Å². The second kappa shape index (κ2) is 5.41. The molecule has 1 heterocycles. The first-order valence-corrected chi connectivity index (χ1v) is 7.63. The molecule has 1 aliphatic carbocycles. The minimum absolute atomic E-state index is 0.0735. The summed E-state index contributed by atoms with van der Waals surface area (Å²) >= 11 is 1.93. The first kappa shape index (κ1) is 12.2. The molecular weight excluding hydrogens is 220 g/mol. The fourth-order valence-electron chi connectivity index (χ4n) is 2.88. The first-order valence-electron chi connectivity index (χ1n) is 6.34. The minimum atomic E-state index is 0.0735. The van der Waals surface area contributed by atoms with E-state index < -0.39 is 0 Å². The van der Waals surface area contributed by atoms with Crippen molar-refractivity contribution in [2.45, 2.75) is 56.4 Å². The summed E-state index contributed by atoms with van der Waals surface area (Å²) in [6, 6.07) is 0.546. The second-order valence-electron chi connectivity index (χ2n) is 4.76. The molecule has 4 heteroatoms. The molecule has 0 aromatic heterocycles. The molecule has 1 saturated carbocycles. The van der Waals surface area contributed by atoms with Gasteiger partial charge in [-0.15, -0.1) is 0 Å². The van der Waals surface area contributed by atoms with Gasteiger partial charge in [-0.05, 0) is 25.5 Å². The number of hydrogen-bond donors (Lipinski definition) is 1. The lowest BCUT2D eigenvalue weighted by atomic mass is 9.93. The third-order valence-electron chi connectivity index (χ3n) is 3.87. The van der Waals surface area contributed by atoms with Gasteiger partial charge in [-0.1, -0.05) is 19.8 Å². The van der Waals surface area contributed by atoms with Crippen LogP contribution >= 0.6 is 11.8 Å². The molecule has 2 fully saturated rings. The summed E-state index contributed by atoms with van der Waals surface area (Å²) in [6.07, 6.45) is 8.15. The number of thioether (sulfide) groups is 1.